The number of aromatic amines is 1. The average molecular weight is 444 g/mol. The van der Waals surface area contributed by atoms with Crippen LogP contribution >= 0.6 is 0 Å². The Morgan fingerprint density at radius 1 is 0.909 bits per heavy atom. The fourth-order valence-corrected chi connectivity index (χ4v) is 3.96. The second-order valence-electron chi connectivity index (χ2n) is 8.01. The van der Waals surface area contributed by atoms with Crippen molar-refractivity contribution in [1.29, 1.82) is 0 Å². The van der Waals surface area contributed by atoms with Crippen LogP contribution in [0.15, 0.2) is 94.5 Å². The molecule has 168 valence electrons. The number of carbonyl (C=O) groups is 1. The Kier molecular flexibility index (Phi) is 6.51. The summed E-state index contributed by atoms with van der Waals surface area (Å²) in [5.41, 5.74) is -0.174. The van der Waals surface area contributed by atoms with Gasteiger partial charge in [-0.3, -0.25) is 19.1 Å². The van der Waals surface area contributed by atoms with E-state index in [0.29, 0.717) is 22.9 Å². The molecule has 7 heteroatoms. The highest BCUT2D eigenvalue weighted by atomic mass is 16.3. The van der Waals surface area contributed by atoms with Crippen LogP contribution in [-0.4, -0.2) is 27.1 Å². The third-order valence-electron chi connectivity index (χ3n) is 5.70. The summed E-state index contributed by atoms with van der Waals surface area (Å²) in [7, 11) is 0. The van der Waals surface area contributed by atoms with Crippen LogP contribution in [0, 0.1) is 0 Å². The molecule has 0 saturated heterocycles. The number of carbonyl (C=O) groups excluding carboxylic acids is 1. The monoisotopic (exact) mass is 443 g/mol. The number of H-pyrrole nitrogens is 1. The summed E-state index contributed by atoms with van der Waals surface area (Å²) in [5.74, 6) is -0.306. The Morgan fingerprint density at radius 3 is 2.27 bits per heavy atom. The van der Waals surface area contributed by atoms with Gasteiger partial charge in [-0.1, -0.05) is 72.8 Å². The molecule has 33 heavy (non-hydrogen) atoms. The minimum absolute atomic E-state index is 0.0199. The standard InChI is InChI=1S/C26H25N3O4/c30-23(15-16-29-22-14-8-7-13-21(22)24(31)28-25(29)32)27-18-26(33,20-11-5-2-6-12-20)17-19-9-3-1-4-10-19/h1-14,33H,15-18H2,(H,27,30)(H,28,31,32)/t26-/m0/s1. The summed E-state index contributed by atoms with van der Waals surface area (Å²) in [6.45, 7) is 0.121. The number of nitrogens with one attached hydrogen (secondary N) is 2. The Balaban J connectivity index is 1.48. The van der Waals surface area contributed by atoms with Crippen LogP contribution in [0.4, 0.5) is 0 Å². The molecule has 1 atom stereocenters. The molecule has 0 spiro atoms. The fraction of sp³-hybridized carbons (Fsp3) is 0.192. The number of hydrogen-bond acceptors (Lipinski definition) is 4. The zero-order chi connectivity index (χ0) is 23.3. The maximum atomic E-state index is 12.7. The number of amides is 1. The molecule has 3 aromatic carbocycles. The second-order valence-corrected chi connectivity index (χ2v) is 8.01. The van der Waals surface area contributed by atoms with E-state index in [2.05, 4.69) is 10.3 Å². The number of rotatable bonds is 8. The summed E-state index contributed by atoms with van der Waals surface area (Å²) in [5, 5.41) is 14.7. The molecule has 0 aliphatic heterocycles. The zero-order valence-corrected chi connectivity index (χ0v) is 18.0. The van der Waals surface area contributed by atoms with E-state index < -0.39 is 16.9 Å². The molecule has 1 amide bonds. The number of aromatic nitrogens is 2. The van der Waals surface area contributed by atoms with Gasteiger partial charge in [0, 0.05) is 19.4 Å². The van der Waals surface area contributed by atoms with E-state index in [0.717, 1.165) is 5.56 Å². The van der Waals surface area contributed by atoms with Gasteiger partial charge in [-0.05, 0) is 23.3 Å². The third-order valence-corrected chi connectivity index (χ3v) is 5.70. The van der Waals surface area contributed by atoms with Gasteiger partial charge in [0.25, 0.3) is 5.56 Å². The van der Waals surface area contributed by atoms with Crippen LogP contribution < -0.4 is 16.6 Å². The number of hydrogen-bond donors (Lipinski definition) is 3. The Labute approximate surface area is 190 Å². The molecule has 1 aromatic heterocycles. The first-order chi connectivity index (χ1) is 16.0. The van der Waals surface area contributed by atoms with Crippen LogP contribution in [-0.2, 0) is 23.4 Å². The minimum atomic E-state index is -1.29. The molecular formula is C26H25N3O4. The number of fused-ring (bicyclic) bond motifs is 1. The number of aliphatic hydroxyl groups is 1. The summed E-state index contributed by atoms with van der Waals surface area (Å²) < 4.78 is 1.38. The van der Waals surface area contributed by atoms with E-state index >= 15 is 0 Å². The fourth-order valence-electron chi connectivity index (χ4n) is 3.96. The van der Waals surface area contributed by atoms with Crippen molar-refractivity contribution in [2.24, 2.45) is 0 Å². The molecule has 0 unspecified atom stereocenters. The first-order valence-corrected chi connectivity index (χ1v) is 10.8. The van der Waals surface area contributed by atoms with Crippen molar-refractivity contribution in [3.05, 3.63) is 117 Å². The first-order valence-electron chi connectivity index (χ1n) is 10.8. The lowest BCUT2D eigenvalue weighted by atomic mass is 9.87. The highest BCUT2D eigenvalue weighted by molar-refractivity contribution is 5.78. The zero-order valence-electron chi connectivity index (χ0n) is 18.0. The van der Waals surface area contributed by atoms with Crippen molar-refractivity contribution in [2.75, 3.05) is 6.54 Å². The van der Waals surface area contributed by atoms with Crippen molar-refractivity contribution in [3.63, 3.8) is 0 Å². The van der Waals surface area contributed by atoms with Crippen molar-refractivity contribution < 1.29 is 9.90 Å². The van der Waals surface area contributed by atoms with Crippen molar-refractivity contribution in [2.45, 2.75) is 25.0 Å². The molecule has 4 aromatic rings. The molecule has 1 heterocycles. The molecule has 4 rings (SSSR count). The SMILES string of the molecule is O=C(CCn1c(=O)[nH]c(=O)c2ccccc21)NC[C@@](O)(Cc1ccccc1)c1ccccc1. The van der Waals surface area contributed by atoms with E-state index in [1.54, 1.807) is 24.3 Å². The van der Waals surface area contributed by atoms with Crippen molar-refractivity contribution in [3.8, 4) is 0 Å². The van der Waals surface area contributed by atoms with Gasteiger partial charge in [-0.2, -0.15) is 0 Å². The maximum absolute atomic E-state index is 12.7. The highest BCUT2D eigenvalue weighted by Crippen LogP contribution is 2.25. The summed E-state index contributed by atoms with van der Waals surface area (Å²) in [6, 6.07) is 25.6. The van der Waals surface area contributed by atoms with Gasteiger partial charge in [0.15, 0.2) is 0 Å². The Hall–Kier alpha value is -3.97. The highest BCUT2D eigenvalue weighted by Gasteiger charge is 2.30. The molecule has 0 aliphatic rings. The molecule has 0 saturated carbocycles. The van der Waals surface area contributed by atoms with Crippen LogP contribution in [0.2, 0.25) is 0 Å². The minimum Gasteiger partial charge on any atom is -0.383 e. The summed E-state index contributed by atoms with van der Waals surface area (Å²) in [6.07, 6.45) is 0.355. The summed E-state index contributed by atoms with van der Waals surface area (Å²) in [4.78, 5) is 39.3. The van der Waals surface area contributed by atoms with Gasteiger partial charge in [0.2, 0.25) is 5.91 Å². The number of nitrogens with zero attached hydrogens (tertiary/aromatic N) is 1. The molecular weight excluding hydrogens is 418 g/mol. The van der Waals surface area contributed by atoms with Gasteiger partial charge in [0.1, 0.15) is 5.60 Å². The van der Waals surface area contributed by atoms with Crippen molar-refractivity contribution >= 4 is 16.8 Å². The molecule has 0 aliphatic carbocycles. The van der Waals surface area contributed by atoms with Gasteiger partial charge in [-0.25, -0.2) is 4.79 Å². The largest absolute Gasteiger partial charge is 0.383 e. The topological polar surface area (TPSA) is 104 Å². The van der Waals surface area contributed by atoms with Gasteiger partial charge in [0.05, 0.1) is 17.4 Å². The lowest BCUT2D eigenvalue weighted by Crippen LogP contribution is -2.43. The normalized spacial score (nSPS) is 12.9. The molecule has 7 nitrogen and oxygen atoms in total. The molecule has 0 bridgehead atoms. The van der Waals surface area contributed by atoms with Crippen molar-refractivity contribution in [1.82, 2.24) is 14.9 Å². The van der Waals surface area contributed by atoms with E-state index in [4.69, 9.17) is 0 Å². The van der Waals surface area contributed by atoms with E-state index in [-0.39, 0.29) is 25.4 Å². The van der Waals surface area contributed by atoms with Gasteiger partial charge >= 0.3 is 5.69 Å². The van der Waals surface area contributed by atoms with Crippen LogP contribution in [0.5, 0.6) is 0 Å². The molecule has 3 N–H and O–H groups in total. The molecule has 0 radical (unpaired) electrons. The van der Waals surface area contributed by atoms with Crippen LogP contribution in [0.3, 0.4) is 0 Å². The van der Waals surface area contributed by atoms with Gasteiger partial charge in [-0.15, -0.1) is 0 Å². The van der Waals surface area contributed by atoms with E-state index in [1.165, 1.54) is 4.57 Å². The average Bonchev–Trinajstić information content (AvgIpc) is 2.84. The lowest BCUT2D eigenvalue weighted by Gasteiger charge is -2.29. The van der Waals surface area contributed by atoms with E-state index in [9.17, 15) is 19.5 Å². The molecule has 0 fully saturated rings. The second kappa shape index (κ2) is 9.67. The van der Waals surface area contributed by atoms with Crippen LogP contribution in [0.1, 0.15) is 17.5 Å². The number of para-hydroxylation sites is 1. The Bertz CT molecular complexity index is 1360. The lowest BCUT2D eigenvalue weighted by molar-refractivity contribution is -0.122. The van der Waals surface area contributed by atoms with Gasteiger partial charge < -0.3 is 10.4 Å². The smallest absolute Gasteiger partial charge is 0.328 e. The summed E-state index contributed by atoms with van der Waals surface area (Å²) >= 11 is 0. The van der Waals surface area contributed by atoms with E-state index in [1.807, 2.05) is 60.7 Å². The predicted molar refractivity (Wildman–Crippen MR) is 127 cm³/mol. The Morgan fingerprint density at radius 2 is 1.55 bits per heavy atom. The quantitative estimate of drug-likeness (QED) is 0.389. The number of aryl methyl sites for hydroxylation is 1. The van der Waals surface area contributed by atoms with Crippen LogP contribution in [0.25, 0.3) is 10.9 Å². The number of benzene rings is 3. The first kappa shape index (κ1) is 22.2. The predicted octanol–water partition coefficient (Wildman–Crippen LogP) is 2.33. The maximum Gasteiger partial charge on any atom is 0.328 e. The third kappa shape index (κ3) is 5.10.